The van der Waals surface area contributed by atoms with Gasteiger partial charge in [-0.25, -0.2) is 4.79 Å². The highest BCUT2D eigenvalue weighted by molar-refractivity contribution is 5.84. The van der Waals surface area contributed by atoms with Crippen LogP contribution in [0.25, 0.3) is 10.9 Å². The number of aliphatic hydroxyl groups is 1. The van der Waals surface area contributed by atoms with Gasteiger partial charge < -0.3 is 30.1 Å². The Morgan fingerprint density at radius 1 is 1.07 bits per heavy atom. The maximum Gasteiger partial charge on any atom is 0.335 e. The molecule has 2 aromatic heterocycles. The molecule has 43 heavy (non-hydrogen) atoms. The average Bonchev–Trinajstić information content (AvgIpc) is 3.47. The fourth-order valence-electron chi connectivity index (χ4n) is 10.4. The normalized spacial score (nSPS) is 39.8. The number of aromatic amines is 1. The summed E-state index contributed by atoms with van der Waals surface area (Å²) in [6.07, 6.45) is 13.3. The molecule has 4 aliphatic carbocycles. The van der Waals surface area contributed by atoms with Crippen molar-refractivity contribution in [2.45, 2.75) is 101 Å². The monoisotopic (exact) mass is 588 g/mol. The van der Waals surface area contributed by atoms with Crippen molar-refractivity contribution in [1.82, 2.24) is 4.98 Å². The van der Waals surface area contributed by atoms with Crippen LogP contribution in [0.2, 0.25) is 0 Å². The maximum absolute atomic E-state index is 11.4. The Kier molecular flexibility index (Phi) is 6.91. The number of rotatable bonds is 4. The number of nitrogens with one attached hydrogen (secondary N) is 1. The van der Waals surface area contributed by atoms with Crippen LogP contribution in [0.1, 0.15) is 82.3 Å². The standard InChI is InChI=1S/C24H32O4.C11H12N2O2/c1-22-9-7-16(25)11-15(22)4-5-18-17(22)8-10-23(2)19(12-20-24(18,23)28-20)14-3-6-21(26)27-13-14;12-9(11(14)15)5-7-6-13-10-4-2-1-3-8(7)10/h3,6,13,15-20,25H,4-5,7-12H2,1-2H3;1-4,6,9,13H,5,12H2,(H,14,15)/t15-,16+,17+,18-,19-,20-,22+,23-,24-;9-/m10/s1. The van der Waals surface area contributed by atoms with Crippen LogP contribution in [0.15, 0.2) is 58.1 Å². The lowest BCUT2D eigenvalue weighted by Crippen LogP contribution is -2.58. The van der Waals surface area contributed by atoms with Gasteiger partial charge in [-0.15, -0.1) is 0 Å². The van der Waals surface area contributed by atoms with Crippen molar-refractivity contribution in [2.75, 3.05) is 0 Å². The van der Waals surface area contributed by atoms with E-state index in [2.05, 4.69) is 18.8 Å². The fourth-order valence-corrected chi connectivity index (χ4v) is 10.4. The number of ether oxygens (including phenoxy) is 1. The first-order chi connectivity index (χ1) is 20.6. The van der Waals surface area contributed by atoms with E-state index < -0.39 is 12.0 Å². The van der Waals surface area contributed by atoms with Crippen LogP contribution in [0, 0.1) is 28.6 Å². The van der Waals surface area contributed by atoms with Gasteiger partial charge in [-0.1, -0.05) is 32.0 Å². The Hall–Kier alpha value is -2.94. The molecule has 5 aliphatic rings. The Labute approximate surface area is 252 Å². The number of aliphatic hydroxyl groups excluding tert-OH is 1. The van der Waals surface area contributed by atoms with Crippen LogP contribution in [-0.2, 0) is 16.0 Å². The van der Waals surface area contributed by atoms with Crippen LogP contribution in [0.5, 0.6) is 0 Å². The quantitative estimate of drug-likeness (QED) is 0.300. The number of carboxylic acid groups (broad SMARTS) is 1. The van der Waals surface area contributed by atoms with Crippen LogP contribution in [0.4, 0.5) is 0 Å². The molecule has 10 atom stereocenters. The van der Waals surface area contributed by atoms with E-state index in [1.807, 2.05) is 36.5 Å². The molecule has 8 heteroatoms. The van der Waals surface area contributed by atoms with E-state index in [4.69, 9.17) is 20.0 Å². The van der Waals surface area contributed by atoms with Crippen molar-refractivity contribution < 1.29 is 24.2 Å². The fraction of sp³-hybridized carbons (Fsp3) is 0.600. The third kappa shape index (κ3) is 4.43. The summed E-state index contributed by atoms with van der Waals surface area (Å²) < 4.78 is 11.8. The number of para-hydroxylation sites is 1. The number of aliphatic carboxylic acids is 1. The Morgan fingerprint density at radius 2 is 1.88 bits per heavy atom. The van der Waals surface area contributed by atoms with E-state index in [-0.39, 0.29) is 22.7 Å². The van der Waals surface area contributed by atoms with Crippen molar-refractivity contribution in [2.24, 2.45) is 34.3 Å². The van der Waals surface area contributed by atoms with Gasteiger partial charge in [0.1, 0.15) is 11.6 Å². The third-order valence-electron chi connectivity index (χ3n) is 12.6. The molecule has 1 aromatic carbocycles. The number of hydrogen-bond acceptors (Lipinski definition) is 6. The summed E-state index contributed by atoms with van der Waals surface area (Å²) in [5.74, 6) is 1.50. The summed E-state index contributed by atoms with van der Waals surface area (Å²) in [5, 5.41) is 20.0. The molecule has 0 unspecified atom stereocenters. The SMILES string of the molecule is C[C@]12CC[C@H](O)C[C@H]1CC[C@@H]1[C@@H]2CC[C@]2(C)[C@@H](c3ccc(=O)oc3)C[C@H]3O[C@]132.N[C@@H](Cc1c[nH]c2ccccc12)C(=O)O. The van der Waals surface area contributed by atoms with Crippen molar-refractivity contribution in [3.63, 3.8) is 0 Å². The van der Waals surface area contributed by atoms with Gasteiger partial charge in [0.05, 0.1) is 18.5 Å². The molecule has 230 valence electrons. The van der Waals surface area contributed by atoms with Crippen molar-refractivity contribution in [3.05, 3.63) is 70.4 Å². The van der Waals surface area contributed by atoms with Crippen LogP contribution >= 0.6 is 0 Å². The molecular formula is C35H44N2O6. The third-order valence-corrected chi connectivity index (χ3v) is 12.6. The number of nitrogens with two attached hydrogens (primary N) is 1. The molecule has 4 saturated carbocycles. The van der Waals surface area contributed by atoms with E-state index in [9.17, 15) is 14.7 Å². The molecule has 3 heterocycles. The minimum absolute atomic E-state index is 0.0285. The zero-order chi connectivity index (χ0) is 30.1. The van der Waals surface area contributed by atoms with Gasteiger partial charge in [0.2, 0.25) is 0 Å². The molecule has 1 saturated heterocycles. The lowest BCUT2D eigenvalue weighted by molar-refractivity contribution is -0.139. The van der Waals surface area contributed by atoms with E-state index in [0.29, 0.717) is 35.7 Å². The highest BCUT2D eigenvalue weighted by Crippen LogP contribution is 2.77. The molecule has 5 N–H and O–H groups in total. The Balaban J connectivity index is 0.000000170. The van der Waals surface area contributed by atoms with Gasteiger partial charge in [-0.2, -0.15) is 0 Å². The van der Waals surface area contributed by atoms with Crippen molar-refractivity contribution >= 4 is 16.9 Å². The van der Waals surface area contributed by atoms with Gasteiger partial charge in [0, 0.05) is 35.0 Å². The van der Waals surface area contributed by atoms with E-state index in [0.717, 1.165) is 41.6 Å². The van der Waals surface area contributed by atoms with E-state index >= 15 is 0 Å². The summed E-state index contributed by atoms with van der Waals surface area (Å²) >= 11 is 0. The lowest BCUT2D eigenvalue weighted by atomic mass is 9.44. The predicted octanol–water partition coefficient (Wildman–Crippen LogP) is 5.38. The summed E-state index contributed by atoms with van der Waals surface area (Å²) in [6, 6.07) is 10.5. The topological polar surface area (TPSA) is 142 Å². The molecule has 1 aliphatic heterocycles. The average molecular weight is 589 g/mol. The summed E-state index contributed by atoms with van der Waals surface area (Å²) in [6.45, 7) is 4.97. The first kappa shape index (κ1) is 28.8. The maximum atomic E-state index is 11.4. The van der Waals surface area contributed by atoms with Gasteiger partial charge in [0.25, 0.3) is 0 Å². The second-order valence-electron chi connectivity index (χ2n) is 14.5. The number of carbonyl (C=O) groups is 1. The minimum Gasteiger partial charge on any atom is -0.480 e. The van der Waals surface area contributed by atoms with Gasteiger partial charge >= 0.3 is 11.6 Å². The predicted molar refractivity (Wildman–Crippen MR) is 163 cm³/mol. The first-order valence-corrected chi connectivity index (χ1v) is 16.0. The van der Waals surface area contributed by atoms with Gasteiger partial charge in [0.15, 0.2) is 0 Å². The number of H-pyrrole nitrogens is 1. The second-order valence-corrected chi connectivity index (χ2v) is 14.5. The van der Waals surface area contributed by atoms with Gasteiger partial charge in [-0.3, -0.25) is 4.79 Å². The zero-order valence-electron chi connectivity index (χ0n) is 25.1. The number of fused-ring (bicyclic) bond motifs is 4. The molecule has 1 spiro atoms. The Morgan fingerprint density at radius 3 is 2.65 bits per heavy atom. The highest BCUT2D eigenvalue weighted by atomic mass is 16.6. The number of hydrogen-bond donors (Lipinski definition) is 4. The first-order valence-electron chi connectivity index (χ1n) is 16.0. The molecule has 3 aromatic rings. The van der Waals surface area contributed by atoms with Crippen LogP contribution in [0.3, 0.4) is 0 Å². The number of epoxide rings is 1. The largest absolute Gasteiger partial charge is 0.480 e. The van der Waals surface area contributed by atoms with Crippen molar-refractivity contribution in [3.8, 4) is 0 Å². The Bertz CT molecular complexity index is 1560. The number of carboxylic acids is 1. The van der Waals surface area contributed by atoms with Crippen molar-refractivity contribution in [1.29, 1.82) is 0 Å². The minimum atomic E-state index is -0.972. The molecule has 0 bridgehead atoms. The highest BCUT2D eigenvalue weighted by Gasteiger charge is 2.80. The lowest BCUT2D eigenvalue weighted by Gasteiger charge is -2.61. The summed E-state index contributed by atoms with van der Waals surface area (Å²) in [7, 11) is 0. The molecule has 5 fully saturated rings. The summed E-state index contributed by atoms with van der Waals surface area (Å²) in [5.41, 5.74) is 8.88. The molecule has 8 nitrogen and oxygen atoms in total. The zero-order valence-corrected chi connectivity index (χ0v) is 25.1. The van der Waals surface area contributed by atoms with Crippen LogP contribution < -0.4 is 11.4 Å². The molecule has 0 amide bonds. The smallest absolute Gasteiger partial charge is 0.335 e. The van der Waals surface area contributed by atoms with E-state index in [1.54, 1.807) is 12.3 Å². The van der Waals surface area contributed by atoms with Gasteiger partial charge in [-0.05, 0) is 104 Å². The summed E-state index contributed by atoms with van der Waals surface area (Å²) in [4.78, 5) is 25.2. The number of benzene rings is 1. The van der Waals surface area contributed by atoms with Crippen LogP contribution in [-0.4, -0.2) is 45.0 Å². The molecule has 0 radical (unpaired) electrons. The second kappa shape index (κ2) is 10.3. The molecule has 8 rings (SSSR count). The number of aromatic nitrogens is 1. The van der Waals surface area contributed by atoms with E-state index in [1.165, 1.54) is 37.7 Å². The molecular weight excluding hydrogens is 544 g/mol.